The second kappa shape index (κ2) is 15.0. The van der Waals surface area contributed by atoms with Gasteiger partial charge in [0.1, 0.15) is 17.6 Å². The van der Waals surface area contributed by atoms with Crippen LogP contribution in [0.5, 0.6) is 0 Å². The van der Waals surface area contributed by atoms with Gasteiger partial charge in [-0.05, 0) is 42.0 Å². The lowest BCUT2D eigenvalue weighted by Gasteiger charge is -2.31. The third kappa shape index (κ3) is 7.98. The number of benzene rings is 2. The van der Waals surface area contributed by atoms with Crippen LogP contribution in [0.4, 0.5) is 4.79 Å². The number of hydrogen-bond acceptors (Lipinski definition) is 10. The Morgan fingerprint density at radius 1 is 1.20 bits per heavy atom. The number of alkyl carbamates (subject to hydrolysis) is 1. The van der Waals surface area contributed by atoms with Crippen LogP contribution in [0.25, 0.3) is 15.8 Å². The Balaban J connectivity index is 1.29. The summed E-state index contributed by atoms with van der Waals surface area (Å²) in [5.74, 6) is 1.68. The molecule has 3 aromatic rings. The lowest BCUT2D eigenvalue weighted by atomic mass is 9.99. The molecule has 0 unspecified atom stereocenters. The monoisotopic (exact) mass is 621 g/mol. The van der Waals surface area contributed by atoms with Gasteiger partial charge in [0.2, 0.25) is 0 Å². The minimum atomic E-state index is -1.04. The molecule has 3 heterocycles. The van der Waals surface area contributed by atoms with Crippen LogP contribution in [-0.2, 0) is 30.2 Å². The van der Waals surface area contributed by atoms with Crippen LogP contribution < -0.4 is 5.32 Å². The van der Waals surface area contributed by atoms with Gasteiger partial charge in [-0.1, -0.05) is 56.7 Å². The number of hydrogen-bond donors (Lipinski definition) is 2. The standard InChI is InChI=1S/C33H39N3O7S/c1-3-21(2)15-36(16-28(38)25(18-37)23-9-10-26-31(14-23)44-20-34-26)17-29(39)27(13-22-7-5-4-6-8-22)35-33(40)43-30-19-42-32-24(30)11-12-41-32/h4-10,14,20-21,24,27,29-30,32,39H,3,11-13,15-17,19H2,1-2H3,(H,35,40)/t21-,24-,27-,29+,30-,32+/m0/s1. The van der Waals surface area contributed by atoms with Crippen molar-refractivity contribution in [1.82, 2.24) is 15.2 Å². The number of carbonyl (C=O) groups excluding carboxylic acids is 3. The van der Waals surface area contributed by atoms with Gasteiger partial charge in [0.05, 0.1) is 53.5 Å². The Hall–Kier alpha value is -3.44. The van der Waals surface area contributed by atoms with E-state index in [1.807, 2.05) is 41.2 Å². The minimum absolute atomic E-state index is 0.00727. The molecule has 2 aliphatic rings. The number of nitrogens with one attached hydrogen (secondary N) is 1. The normalized spacial score (nSPS) is 21.4. The van der Waals surface area contributed by atoms with Gasteiger partial charge in [0.25, 0.3) is 0 Å². The Bertz CT molecular complexity index is 1470. The largest absolute Gasteiger partial charge is 0.443 e. The van der Waals surface area contributed by atoms with Crippen molar-refractivity contribution < 1.29 is 33.7 Å². The topological polar surface area (TPSA) is 127 Å². The van der Waals surface area contributed by atoms with Crippen molar-refractivity contribution in [3.63, 3.8) is 0 Å². The van der Waals surface area contributed by atoms with Crippen molar-refractivity contribution in [2.24, 2.45) is 11.8 Å². The fraction of sp³-hybridized carbons (Fsp3) is 0.485. The molecule has 1 aromatic heterocycles. The van der Waals surface area contributed by atoms with E-state index in [2.05, 4.69) is 24.1 Å². The molecule has 44 heavy (non-hydrogen) atoms. The predicted octanol–water partition coefficient (Wildman–Crippen LogP) is 3.89. The molecular weight excluding hydrogens is 582 g/mol. The molecule has 2 N–H and O–H groups in total. The summed E-state index contributed by atoms with van der Waals surface area (Å²) in [6.07, 6.45) is -0.473. The molecule has 0 spiro atoms. The van der Waals surface area contributed by atoms with E-state index in [-0.39, 0.29) is 49.2 Å². The van der Waals surface area contributed by atoms with E-state index >= 15 is 0 Å². The molecule has 0 saturated carbocycles. The number of ether oxygens (including phenoxy) is 3. The third-order valence-electron chi connectivity index (χ3n) is 8.39. The molecule has 2 saturated heterocycles. The van der Waals surface area contributed by atoms with Gasteiger partial charge < -0.3 is 24.6 Å². The average Bonchev–Trinajstić information content (AvgIpc) is 3.76. The van der Waals surface area contributed by atoms with E-state index in [1.165, 1.54) is 11.3 Å². The van der Waals surface area contributed by atoms with Gasteiger partial charge >= 0.3 is 6.09 Å². The number of aromatic nitrogens is 1. The Kier molecular flexibility index (Phi) is 10.9. The molecule has 2 aliphatic heterocycles. The fourth-order valence-corrected chi connectivity index (χ4v) is 6.47. The summed E-state index contributed by atoms with van der Waals surface area (Å²) in [6, 6.07) is 14.1. The highest BCUT2D eigenvalue weighted by atomic mass is 32.1. The quantitative estimate of drug-likeness (QED) is 0.204. The lowest BCUT2D eigenvalue weighted by molar-refractivity contribution is -0.115. The summed E-state index contributed by atoms with van der Waals surface area (Å²) in [5.41, 5.74) is 3.89. The first kappa shape index (κ1) is 32.0. The molecule has 0 radical (unpaired) electrons. The second-order valence-corrected chi connectivity index (χ2v) is 12.5. The average molecular weight is 622 g/mol. The SMILES string of the molecule is CC[C@H](C)CN(CC(=O)C(=C=O)c1ccc2ncsc2c1)C[C@@H](O)[C@H](Cc1ccccc1)NC(=O)O[C@H]1CO[C@H]2OCC[C@H]21. The molecule has 2 aromatic carbocycles. The van der Waals surface area contributed by atoms with Crippen LogP contribution in [0.15, 0.2) is 54.0 Å². The highest BCUT2D eigenvalue weighted by Crippen LogP contribution is 2.33. The van der Waals surface area contributed by atoms with Crippen molar-refractivity contribution >= 4 is 44.9 Å². The van der Waals surface area contributed by atoms with Crippen molar-refractivity contribution in [3.8, 4) is 0 Å². The Morgan fingerprint density at radius 3 is 2.80 bits per heavy atom. The number of fused-ring (bicyclic) bond motifs is 2. The van der Waals surface area contributed by atoms with Gasteiger partial charge in [-0.3, -0.25) is 9.69 Å². The molecule has 11 heteroatoms. The van der Waals surface area contributed by atoms with E-state index in [0.717, 1.165) is 28.6 Å². The first-order chi connectivity index (χ1) is 21.3. The highest BCUT2D eigenvalue weighted by Gasteiger charge is 2.44. The van der Waals surface area contributed by atoms with Crippen molar-refractivity contribution in [2.75, 3.05) is 32.8 Å². The molecule has 0 bridgehead atoms. The number of Topliss-reactive ketones (excluding diaryl/α,β-unsaturated/α-hetero) is 1. The Morgan fingerprint density at radius 2 is 2.02 bits per heavy atom. The Labute approximate surface area is 261 Å². The minimum Gasteiger partial charge on any atom is -0.443 e. The number of amides is 1. The molecule has 0 aliphatic carbocycles. The number of nitrogens with zero attached hydrogens (tertiary/aromatic N) is 2. The van der Waals surface area contributed by atoms with E-state index in [1.54, 1.807) is 23.7 Å². The van der Waals surface area contributed by atoms with Crippen LogP contribution >= 0.6 is 11.3 Å². The van der Waals surface area contributed by atoms with Crippen LogP contribution in [0, 0.1) is 11.8 Å². The molecule has 6 atom stereocenters. The summed E-state index contributed by atoms with van der Waals surface area (Å²) >= 11 is 1.43. The van der Waals surface area contributed by atoms with Crippen molar-refractivity contribution in [1.29, 1.82) is 0 Å². The maximum atomic E-state index is 13.5. The predicted molar refractivity (Wildman–Crippen MR) is 167 cm³/mol. The number of ketones is 1. The van der Waals surface area contributed by atoms with Crippen molar-refractivity contribution in [3.05, 3.63) is 65.2 Å². The molecule has 2 fully saturated rings. The second-order valence-electron chi connectivity index (χ2n) is 11.6. The summed E-state index contributed by atoms with van der Waals surface area (Å²) < 4.78 is 17.7. The first-order valence-corrected chi connectivity index (χ1v) is 16.0. The van der Waals surface area contributed by atoms with Crippen LogP contribution in [0.1, 0.15) is 37.8 Å². The molecule has 10 nitrogen and oxygen atoms in total. The zero-order chi connectivity index (χ0) is 31.1. The zero-order valence-electron chi connectivity index (χ0n) is 25.0. The summed E-state index contributed by atoms with van der Waals surface area (Å²) in [7, 11) is 0. The van der Waals surface area contributed by atoms with E-state index in [9.17, 15) is 19.5 Å². The maximum absolute atomic E-state index is 13.5. The van der Waals surface area contributed by atoms with Gasteiger partial charge in [0, 0.05) is 13.1 Å². The molecular formula is C33H39N3O7S. The van der Waals surface area contributed by atoms with Gasteiger partial charge in [-0.2, -0.15) is 0 Å². The van der Waals surface area contributed by atoms with Crippen LogP contribution in [-0.4, -0.2) is 90.2 Å². The molecule has 5 rings (SSSR count). The number of aliphatic hydroxyl groups is 1. The molecule has 1 amide bonds. The summed E-state index contributed by atoms with van der Waals surface area (Å²) in [5, 5.41) is 14.4. The van der Waals surface area contributed by atoms with Gasteiger partial charge in [-0.15, -0.1) is 11.3 Å². The number of carbonyl (C=O) groups is 2. The smallest absolute Gasteiger partial charge is 0.407 e. The summed E-state index contributed by atoms with van der Waals surface area (Å²) in [6.45, 7) is 5.49. The van der Waals surface area contributed by atoms with Crippen LogP contribution in [0.3, 0.4) is 0 Å². The van der Waals surface area contributed by atoms with Gasteiger partial charge in [0.15, 0.2) is 12.1 Å². The summed E-state index contributed by atoms with van der Waals surface area (Å²) in [4.78, 5) is 44.7. The lowest BCUT2D eigenvalue weighted by Crippen LogP contribution is -2.51. The highest BCUT2D eigenvalue weighted by molar-refractivity contribution is 7.16. The van der Waals surface area contributed by atoms with E-state index in [4.69, 9.17) is 14.2 Å². The zero-order valence-corrected chi connectivity index (χ0v) is 25.8. The maximum Gasteiger partial charge on any atom is 0.407 e. The van der Waals surface area contributed by atoms with Crippen LogP contribution in [0.2, 0.25) is 0 Å². The molecule has 234 valence electrons. The number of aliphatic hydroxyl groups excluding tert-OH is 1. The van der Waals surface area contributed by atoms with E-state index < -0.39 is 24.3 Å². The third-order valence-corrected chi connectivity index (χ3v) is 9.18. The first-order valence-electron chi connectivity index (χ1n) is 15.1. The van der Waals surface area contributed by atoms with Crippen molar-refractivity contribution in [2.45, 2.75) is 57.6 Å². The number of thiazole rings is 1. The van der Waals surface area contributed by atoms with Gasteiger partial charge in [-0.25, -0.2) is 14.6 Å². The number of rotatable bonds is 14. The fourth-order valence-electron chi connectivity index (χ4n) is 5.76. The van der Waals surface area contributed by atoms with E-state index in [0.29, 0.717) is 25.1 Å².